The van der Waals surface area contributed by atoms with Crippen molar-refractivity contribution in [3.05, 3.63) is 206 Å². The molecule has 1 saturated heterocycles. The molecule has 612 valence electrons. The Morgan fingerprint density at radius 3 is 2.05 bits per heavy atom. The number of amides is 3. The second-order valence-electron chi connectivity index (χ2n) is 31.4. The quantitative estimate of drug-likeness (QED) is 0.00943. The first kappa shape index (κ1) is 85.3. The highest BCUT2D eigenvalue weighted by atomic mass is 28.4. The van der Waals surface area contributed by atoms with Gasteiger partial charge in [-0.05, 0) is 143 Å². The number of nitrogen functional groups attached to an aromatic ring is 1. The summed E-state index contributed by atoms with van der Waals surface area (Å²) in [5.74, 6) is -10.8. The van der Waals surface area contributed by atoms with Crippen LogP contribution in [0.5, 0.6) is 0 Å². The van der Waals surface area contributed by atoms with Gasteiger partial charge in [-0.2, -0.15) is 15.2 Å². The second-order valence-corrected chi connectivity index (χ2v) is 39.8. The molecule has 4 aliphatic rings. The molecule has 7 aromatic rings. The van der Waals surface area contributed by atoms with Crippen LogP contribution in [0.3, 0.4) is 0 Å². The van der Waals surface area contributed by atoms with Crippen LogP contribution in [0, 0.1) is 23.7 Å². The molecular weight excluding hydrogens is 1530 g/mol. The Bertz CT molecular complexity index is 5050. The Hall–Kier alpha value is -11.6. The van der Waals surface area contributed by atoms with Gasteiger partial charge in [0.25, 0.3) is 17.4 Å². The number of anilines is 2. The number of Topliss-reactive ketones (excluding diaryl/α,β-unsaturated/α-hetero) is 1. The molecule has 11 rings (SSSR count). The summed E-state index contributed by atoms with van der Waals surface area (Å²) in [5.41, 5.74) is 2.16. The van der Waals surface area contributed by atoms with Gasteiger partial charge in [-0.3, -0.25) is 43.3 Å². The van der Waals surface area contributed by atoms with Crippen molar-refractivity contribution in [2.45, 2.75) is 192 Å². The fraction of sp³-hybridized carbons (Fsp3) is 0.415. The average molecular weight is 1630 g/mol. The normalized spacial score (nSPS) is 22.9. The molecule has 2 saturated carbocycles. The van der Waals surface area contributed by atoms with Gasteiger partial charge >= 0.3 is 35.8 Å². The van der Waals surface area contributed by atoms with Crippen molar-refractivity contribution in [3.63, 3.8) is 0 Å². The predicted molar refractivity (Wildman–Crippen MR) is 423 cm³/mol. The molecule has 3 aliphatic carbocycles. The topological polar surface area (TPSA) is 467 Å². The predicted octanol–water partition coefficient (Wildman–Crippen LogP) is 7.04. The molecule has 116 heavy (non-hydrogen) atoms. The van der Waals surface area contributed by atoms with Crippen LogP contribution in [-0.4, -0.2) is 182 Å². The van der Waals surface area contributed by atoms with Crippen molar-refractivity contribution in [3.8, 4) is 0 Å². The maximum Gasteiger partial charge on any atom is 0.338 e. The van der Waals surface area contributed by atoms with E-state index in [2.05, 4.69) is 64.5 Å². The number of esters is 5. The molecule has 0 spiro atoms. The molecule has 34 heteroatoms. The highest BCUT2D eigenvalue weighted by molar-refractivity contribution is 6.87. The molecule has 3 amide bonds. The molecule has 10 N–H and O–H groups in total. The van der Waals surface area contributed by atoms with Crippen molar-refractivity contribution in [2.24, 2.45) is 16.7 Å². The van der Waals surface area contributed by atoms with Gasteiger partial charge in [-0.15, -0.1) is 0 Å². The standard InChI is InChI=1S/C82H95N11O21Si2/c1-45-38-54(41-85-61(96)34-33-57(75(103)104)88-72(100)51-29-31-53(32-30-51)84-42-55-43-86-71-65(87-55)74(102)91-78(83)90-71)92-93-56(45)35-37-116(10,11)114-115(8,9)36-21-28-62(97)111-59-39-60-81(44-108-60,113-48(4)95)68-70(112-76(105)52-26-19-14-20-27-52)82(107)40-58(46(2)63(79(82,5)6)67(109-47(3)94)69(99)80(59,68)7)110-77(106)66(98)64(49-22-15-12-16-23-49)89-73(101)50-24-17-13-18-25-50/h12-27,29-32,36,38,43,57-60,64,66-68,70,84,98,107H,28,33-35,37,39-42,44H2,1-11H3,(H,85,96)(H,88,100)(H,89,101)(H,103,104)(H3,83,86,90,91,102)/b36-21+/t57-,58-,59-,60+,64-,66+,67+,68-,70-,80+,81-,82+/m0/s1. The van der Waals surface area contributed by atoms with E-state index in [1.165, 1.54) is 44.3 Å². The third-order valence-electron chi connectivity index (χ3n) is 22.0. The monoisotopic (exact) mass is 1630 g/mol. The number of aromatic amines is 1. The summed E-state index contributed by atoms with van der Waals surface area (Å²) >= 11 is 0. The highest BCUT2D eigenvalue weighted by Crippen LogP contribution is 2.65. The van der Waals surface area contributed by atoms with Gasteiger partial charge in [0, 0.05) is 55.3 Å². The van der Waals surface area contributed by atoms with Crippen molar-refractivity contribution < 1.29 is 95.8 Å². The molecule has 0 radical (unpaired) electrons. The Labute approximate surface area is 669 Å². The number of ether oxygens (including phenoxy) is 6. The number of carbonyl (C=O) groups excluding carboxylic acids is 9. The number of carboxylic acid groups (broad SMARTS) is 1. The molecule has 3 fully saturated rings. The summed E-state index contributed by atoms with van der Waals surface area (Å²) in [6, 6.07) is 29.8. The first-order valence-electron chi connectivity index (χ1n) is 37.9. The Balaban J connectivity index is 0.751. The van der Waals surface area contributed by atoms with E-state index >= 15 is 4.79 Å². The van der Waals surface area contributed by atoms with Crippen LogP contribution in [-0.2, 0) is 85.6 Å². The lowest BCUT2D eigenvalue weighted by Gasteiger charge is -2.67. The van der Waals surface area contributed by atoms with E-state index in [0.29, 0.717) is 40.8 Å². The average Bonchev–Trinajstić information content (AvgIpc) is 0.666. The molecule has 3 aromatic heterocycles. The fourth-order valence-corrected chi connectivity index (χ4v) is 24.0. The molecule has 32 nitrogen and oxygen atoms in total. The minimum Gasteiger partial charge on any atom is -0.480 e. The Morgan fingerprint density at radius 1 is 0.776 bits per heavy atom. The maximum atomic E-state index is 16.6. The van der Waals surface area contributed by atoms with Crippen LogP contribution < -0.4 is 32.6 Å². The van der Waals surface area contributed by atoms with Crippen LogP contribution in [0.1, 0.15) is 139 Å². The number of aliphatic hydroxyl groups is 2. The van der Waals surface area contributed by atoms with E-state index in [1.54, 1.807) is 117 Å². The molecule has 1 aliphatic heterocycles. The first-order valence-corrected chi connectivity index (χ1v) is 44.0. The third-order valence-corrected chi connectivity index (χ3v) is 28.8. The number of benzene rings is 4. The van der Waals surface area contributed by atoms with Gasteiger partial charge in [0.1, 0.15) is 36.1 Å². The molecule has 2 bridgehead atoms. The number of rotatable bonds is 30. The summed E-state index contributed by atoms with van der Waals surface area (Å²) in [6.45, 7) is 17.8. The number of fused-ring (bicyclic) bond motifs is 6. The number of hydrogen-bond acceptors (Lipinski definition) is 27. The number of nitrogens with two attached hydrogens (primary N) is 1. The minimum absolute atomic E-state index is 0.00115. The first-order chi connectivity index (χ1) is 54.8. The number of nitrogens with one attached hydrogen (secondary N) is 5. The van der Waals surface area contributed by atoms with Gasteiger partial charge in [-0.1, -0.05) is 92.4 Å². The number of carbonyl (C=O) groups is 10. The molecule has 0 unspecified atom stereocenters. The van der Waals surface area contributed by atoms with E-state index in [9.17, 15) is 63.3 Å². The fourth-order valence-electron chi connectivity index (χ4n) is 16.1. The van der Waals surface area contributed by atoms with E-state index in [4.69, 9.17) is 38.3 Å². The van der Waals surface area contributed by atoms with E-state index in [-0.39, 0.29) is 83.7 Å². The number of nitrogens with zero attached hydrogens (tertiary/aromatic N) is 5. The van der Waals surface area contributed by atoms with Gasteiger partial charge < -0.3 is 74.9 Å². The zero-order valence-electron chi connectivity index (χ0n) is 66.0. The summed E-state index contributed by atoms with van der Waals surface area (Å²) in [4.78, 5) is 168. The summed E-state index contributed by atoms with van der Waals surface area (Å²) in [5, 5.41) is 56.3. The van der Waals surface area contributed by atoms with Gasteiger partial charge in [0.2, 0.25) is 11.9 Å². The zero-order valence-corrected chi connectivity index (χ0v) is 68.0. The highest BCUT2D eigenvalue weighted by Gasteiger charge is 2.79. The van der Waals surface area contributed by atoms with Crippen molar-refractivity contribution in [2.75, 3.05) is 17.7 Å². The van der Waals surface area contributed by atoms with Crippen molar-refractivity contribution in [1.29, 1.82) is 0 Å². The number of aliphatic carboxylic acids is 1. The molecule has 4 heterocycles. The van der Waals surface area contributed by atoms with Crippen LogP contribution in [0.2, 0.25) is 32.2 Å². The maximum absolute atomic E-state index is 16.6. The lowest BCUT2D eigenvalue weighted by molar-refractivity contribution is -0.346. The summed E-state index contributed by atoms with van der Waals surface area (Å²) < 4.78 is 45.0. The lowest BCUT2D eigenvalue weighted by atomic mass is 9.44. The SMILES string of the molecule is CC(=O)O[C@H]1C(=O)[C@]2(C)[C@@H](OC(=O)C/C=C/[Si](C)(C)O[Si](C)(C)CCc3nnc(CNC(=O)CC[C@H](NC(=O)c4ccc(NCc5cnc6nc(N)[nH]c(=O)c6n5)cc4)C(=O)O)cc3C)C[C@H]3OC[C@@]3(OC(C)=O)[C@H]2[C@H](OC(=O)c2ccccc2)[C@]2(O)C[C@H](OC(=O)[C@H](O)[C@@H](NC(=O)c3ccccc3)c3ccccc3)C(C)=C1C2(C)C. The Morgan fingerprint density at radius 2 is 1.42 bits per heavy atom. The molecular formula is C82H95N11O21Si2. The number of aromatic nitrogens is 6. The zero-order chi connectivity index (χ0) is 84.0. The van der Waals surface area contributed by atoms with Gasteiger partial charge in [-0.25, -0.2) is 24.4 Å². The summed E-state index contributed by atoms with van der Waals surface area (Å²) in [6.07, 6.45) is -8.62. The number of hydrogen-bond donors (Lipinski definition) is 9. The third kappa shape index (κ3) is 18.7. The van der Waals surface area contributed by atoms with E-state index in [0.717, 1.165) is 19.4 Å². The largest absolute Gasteiger partial charge is 0.480 e. The summed E-state index contributed by atoms with van der Waals surface area (Å²) in [7, 11) is -5.32. The minimum atomic E-state index is -2.78. The lowest BCUT2D eigenvalue weighted by Crippen LogP contribution is -2.82. The van der Waals surface area contributed by atoms with Crippen molar-refractivity contribution >= 4 is 98.8 Å². The Kier molecular flexibility index (Phi) is 25.6. The second kappa shape index (κ2) is 34.9. The molecule has 12 atom stereocenters. The van der Waals surface area contributed by atoms with E-state index < -0.39 is 171 Å². The van der Waals surface area contributed by atoms with Gasteiger partial charge in [0.15, 0.2) is 51.4 Å². The van der Waals surface area contributed by atoms with Crippen molar-refractivity contribution in [1.82, 2.24) is 46.1 Å². The van der Waals surface area contributed by atoms with Gasteiger partial charge in [0.05, 0.1) is 72.3 Å². The smallest absolute Gasteiger partial charge is 0.338 e. The molecule has 4 aromatic carbocycles. The van der Waals surface area contributed by atoms with E-state index in [1.807, 2.05) is 25.7 Å². The number of carboxylic acids is 1. The van der Waals surface area contributed by atoms with Crippen LogP contribution in [0.15, 0.2) is 155 Å². The van der Waals surface area contributed by atoms with Crippen LogP contribution in [0.25, 0.3) is 11.2 Å². The van der Waals surface area contributed by atoms with Crippen LogP contribution >= 0.6 is 0 Å². The number of aliphatic hydroxyl groups excluding tert-OH is 1. The number of aryl methyl sites for hydroxylation is 2. The number of ketones is 1. The number of H-pyrrole nitrogens is 1. The van der Waals surface area contributed by atoms with Crippen LogP contribution in [0.4, 0.5) is 11.6 Å².